The number of rotatable bonds is 9. The van der Waals surface area contributed by atoms with Gasteiger partial charge < -0.3 is 28.9 Å². The fraction of sp³-hybridized carbons (Fsp3) is 0.258. The number of hydrogen-bond donors (Lipinski definition) is 1. The molecule has 3 aromatic carbocycles. The Morgan fingerprint density at radius 3 is 2.37 bits per heavy atom. The van der Waals surface area contributed by atoms with Gasteiger partial charge in [-0.2, -0.15) is 0 Å². The highest BCUT2D eigenvalue weighted by atomic mass is 16.6. The smallest absolute Gasteiger partial charge is 0.212 e. The number of aromatic amines is 1. The fourth-order valence-electron chi connectivity index (χ4n) is 4.60. The Kier molecular flexibility index (Phi) is 7.25. The molecule has 0 bridgehead atoms. The van der Waals surface area contributed by atoms with E-state index in [0.717, 1.165) is 51.1 Å². The zero-order chi connectivity index (χ0) is 26.6. The van der Waals surface area contributed by atoms with Crippen LogP contribution in [0.4, 0.5) is 0 Å². The zero-order valence-electron chi connectivity index (χ0n) is 22.3. The highest BCUT2D eigenvalue weighted by Gasteiger charge is 2.32. The van der Waals surface area contributed by atoms with Crippen LogP contribution in [0.15, 0.2) is 65.8 Å². The second-order valence-corrected chi connectivity index (χ2v) is 9.22. The summed E-state index contributed by atoms with van der Waals surface area (Å²) < 4.78 is 17.3. The van der Waals surface area contributed by atoms with Crippen LogP contribution in [0.5, 0.6) is 17.2 Å². The molecule has 7 heteroatoms. The molecule has 0 fully saturated rings. The number of nitrogens with zero attached hydrogens (tertiary/aromatic N) is 2. The van der Waals surface area contributed by atoms with Crippen molar-refractivity contribution >= 4 is 16.6 Å². The average molecular weight is 510 g/mol. The molecule has 1 unspecified atom stereocenters. The molecule has 0 spiro atoms. The van der Waals surface area contributed by atoms with Gasteiger partial charge in [-0.1, -0.05) is 41.4 Å². The van der Waals surface area contributed by atoms with E-state index in [1.54, 1.807) is 21.1 Å². The summed E-state index contributed by atoms with van der Waals surface area (Å²) in [6.45, 7) is 3.22. The van der Waals surface area contributed by atoms with E-state index in [0.29, 0.717) is 23.8 Å². The Labute approximate surface area is 223 Å². The fourth-order valence-corrected chi connectivity index (χ4v) is 4.60. The van der Waals surface area contributed by atoms with E-state index >= 15 is 0 Å². The van der Waals surface area contributed by atoms with Crippen molar-refractivity contribution in [1.82, 2.24) is 9.88 Å². The van der Waals surface area contributed by atoms with Crippen LogP contribution in [0.3, 0.4) is 0 Å². The molecule has 0 saturated carbocycles. The zero-order valence-corrected chi connectivity index (χ0v) is 22.3. The summed E-state index contributed by atoms with van der Waals surface area (Å²) in [5, 5.41) is 5.72. The molecule has 1 atom stereocenters. The molecule has 1 N–H and O–H groups in total. The number of nitrogens with one attached hydrogen (secondary N) is 1. The van der Waals surface area contributed by atoms with E-state index in [2.05, 4.69) is 27.8 Å². The number of likely N-dealkylation sites (N-methyl/N-ethyl adjacent to an activating group) is 1. The summed E-state index contributed by atoms with van der Waals surface area (Å²) in [6, 6.07) is 19.9. The van der Waals surface area contributed by atoms with E-state index in [4.69, 9.17) is 24.2 Å². The first kappa shape index (κ1) is 25.2. The molecule has 1 heterocycles. The second-order valence-electron chi connectivity index (χ2n) is 9.22. The SMILES string of the molecule is CC#CC(ON=C1c2cc(OC)c(OC)cc2-c2[nH]c3ccc(OCCN(C)C)cc3c21)c1ccccc1. The third-order valence-electron chi connectivity index (χ3n) is 6.49. The van der Waals surface area contributed by atoms with Gasteiger partial charge in [0.1, 0.15) is 18.1 Å². The predicted octanol–water partition coefficient (Wildman–Crippen LogP) is 5.64. The van der Waals surface area contributed by atoms with E-state index < -0.39 is 6.10 Å². The summed E-state index contributed by atoms with van der Waals surface area (Å²) in [5.41, 5.74) is 6.36. The summed E-state index contributed by atoms with van der Waals surface area (Å²) in [6.07, 6.45) is -0.503. The average Bonchev–Trinajstić information content (AvgIpc) is 3.44. The molecule has 7 nitrogen and oxygen atoms in total. The Hall–Kier alpha value is -4.41. The lowest BCUT2D eigenvalue weighted by Crippen LogP contribution is -2.19. The van der Waals surface area contributed by atoms with Gasteiger partial charge in [0.25, 0.3) is 0 Å². The lowest BCUT2D eigenvalue weighted by atomic mass is 10.1. The van der Waals surface area contributed by atoms with Crippen LogP contribution < -0.4 is 14.2 Å². The summed E-state index contributed by atoms with van der Waals surface area (Å²) in [5.74, 6) is 8.15. The van der Waals surface area contributed by atoms with Gasteiger partial charge in [-0.3, -0.25) is 0 Å². The molecule has 0 amide bonds. The summed E-state index contributed by atoms with van der Waals surface area (Å²) in [4.78, 5) is 11.8. The van der Waals surface area contributed by atoms with Gasteiger partial charge in [0.05, 0.1) is 19.9 Å². The minimum atomic E-state index is -0.503. The lowest BCUT2D eigenvalue weighted by Gasteiger charge is -2.13. The Balaban J connectivity index is 1.63. The molecule has 5 rings (SSSR count). The molecule has 194 valence electrons. The number of benzene rings is 3. The van der Waals surface area contributed by atoms with Crippen molar-refractivity contribution < 1.29 is 19.0 Å². The van der Waals surface area contributed by atoms with Crippen LogP contribution in [0.1, 0.15) is 29.7 Å². The first-order valence-corrected chi connectivity index (χ1v) is 12.5. The topological polar surface area (TPSA) is 68.3 Å². The molecular weight excluding hydrogens is 478 g/mol. The molecule has 0 saturated heterocycles. The normalized spacial score (nSPS) is 13.6. The molecule has 4 aromatic rings. The van der Waals surface area contributed by atoms with Crippen molar-refractivity contribution in [1.29, 1.82) is 0 Å². The van der Waals surface area contributed by atoms with Gasteiger partial charge in [0, 0.05) is 39.7 Å². The summed E-state index contributed by atoms with van der Waals surface area (Å²) in [7, 11) is 7.31. The van der Waals surface area contributed by atoms with Gasteiger partial charge in [-0.05, 0) is 51.4 Å². The third-order valence-corrected chi connectivity index (χ3v) is 6.49. The van der Waals surface area contributed by atoms with Gasteiger partial charge in [-0.15, -0.1) is 5.92 Å². The number of ether oxygens (including phenoxy) is 3. The molecule has 1 aliphatic rings. The van der Waals surface area contributed by atoms with Crippen LogP contribution >= 0.6 is 0 Å². The molecule has 0 radical (unpaired) electrons. The number of H-pyrrole nitrogens is 1. The largest absolute Gasteiger partial charge is 0.493 e. The predicted molar refractivity (Wildman–Crippen MR) is 150 cm³/mol. The van der Waals surface area contributed by atoms with Gasteiger partial charge >= 0.3 is 0 Å². The Bertz CT molecular complexity index is 1540. The number of fused-ring (bicyclic) bond motifs is 5. The van der Waals surface area contributed by atoms with Crippen molar-refractivity contribution in [3.8, 4) is 40.3 Å². The van der Waals surface area contributed by atoms with Gasteiger partial charge in [0.2, 0.25) is 6.10 Å². The minimum Gasteiger partial charge on any atom is -0.493 e. The highest BCUT2D eigenvalue weighted by Crippen LogP contribution is 2.46. The van der Waals surface area contributed by atoms with E-state index in [-0.39, 0.29) is 0 Å². The number of oxime groups is 1. The molecule has 1 aromatic heterocycles. The monoisotopic (exact) mass is 509 g/mol. The molecule has 38 heavy (non-hydrogen) atoms. The van der Waals surface area contributed by atoms with Crippen molar-refractivity contribution in [2.75, 3.05) is 41.5 Å². The lowest BCUT2D eigenvalue weighted by molar-refractivity contribution is 0.0999. The number of methoxy groups -OCH3 is 2. The van der Waals surface area contributed by atoms with Crippen LogP contribution in [0, 0.1) is 11.8 Å². The minimum absolute atomic E-state index is 0.503. The quantitative estimate of drug-likeness (QED) is 0.206. The van der Waals surface area contributed by atoms with Crippen molar-refractivity contribution in [3.05, 3.63) is 77.4 Å². The van der Waals surface area contributed by atoms with E-state index in [9.17, 15) is 0 Å². The van der Waals surface area contributed by atoms with E-state index in [1.807, 2.05) is 68.7 Å². The van der Waals surface area contributed by atoms with E-state index in [1.165, 1.54) is 0 Å². The maximum Gasteiger partial charge on any atom is 0.212 e. The first-order chi connectivity index (χ1) is 18.5. The Morgan fingerprint density at radius 1 is 0.947 bits per heavy atom. The van der Waals surface area contributed by atoms with Crippen LogP contribution in [-0.2, 0) is 4.84 Å². The molecule has 1 aliphatic carbocycles. The van der Waals surface area contributed by atoms with Gasteiger partial charge in [-0.25, -0.2) is 0 Å². The van der Waals surface area contributed by atoms with Crippen molar-refractivity contribution in [2.45, 2.75) is 13.0 Å². The van der Waals surface area contributed by atoms with Crippen molar-refractivity contribution in [3.63, 3.8) is 0 Å². The third kappa shape index (κ3) is 4.79. The molecule has 0 aliphatic heterocycles. The Morgan fingerprint density at radius 2 is 1.68 bits per heavy atom. The van der Waals surface area contributed by atoms with Crippen LogP contribution in [-0.4, -0.2) is 57.1 Å². The summed E-state index contributed by atoms with van der Waals surface area (Å²) >= 11 is 0. The highest BCUT2D eigenvalue weighted by molar-refractivity contribution is 6.30. The van der Waals surface area contributed by atoms with Gasteiger partial charge in [0.15, 0.2) is 11.5 Å². The van der Waals surface area contributed by atoms with Crippen LogP contribution in [0.25, 0.3) is 22.2 Å². The number of aromatic nitrogens is 1. The molecular formula is C31H31N3O4. The first-order valence-electron chi connectivity index (χ1n) is 12.5. The standard InChI is InChI=1S/C31H31N3O4/c1-6-10-26(20-11-8-7-9-12-20)38-33-31-23-19-28(36-5)27(35-4)18-22(23)30-29(31)24-17-21(13-14-25(24)32-30)37-16-15-34(2)3/h7-9,11-14,17-19,26,32H,15-16H2,1-5H3. The maximum absolute atomic E-state index is 6.13. The van der Waals surface area contributed by atoms with Crippen LogP contribution in [0.2, 0.25) is 0 Å². The van der Waals surface area contributed by atoms with Crippen molar-refractivity contribution in [2.24, 2.45) is 5.16 Å². The maximum atomic E-state index is 6.13. The number of hydrogen-bond acceptors (Lipinski definition) is 6. The second kappa shape index (κ2) is 10.9.